The molecule has 0 aromatic heterocycles. The van der Waals surface area contributed by atoms with Gasteiger partial charge in [0.15, 0.2) is 0 Å². The third-order valence-corrected chi connectivity index (χ3v) is 3.45. The lowest BCUT2D eigenvalue weighted by Gasteiger charge is -2.11. The predicted molar refractivity (Wildman–Crippen MR) is 79.8 cm³/mol. The Kier molecular flexibility index (Phi) is 6.90. The molecule has 0 radical (unpaired) electrons. The van der Waals surface area contributed by atoms with Crippen molar-refractivity contribution >= 4 is 29.5 Å². The topological polar surface area (TPSA) is 95.5 Å². The van der Waals surface area contributed by atoms with Crippen LogP contribution in [0.1, 0.15) is 30.6 Å². The molecule has 6 nitrogen and oxygen atoms in total. The molecular formula is C14H18N2O4S. The molecule has 0 aliphatic heterocycles. The first-order chi connectivity index (χ1) is 9.90. The summed E-state index contributed by atoms with van der Waals surface area (Å²) in [5.41, 5.74) is 0.440. The van der Waals surface area contributed by atoms with E-state index in [4.69, 9.17) is 0 Å². The summed E-state index contributed by atoms with van der Waals surface area (Å²) in [4.78, 5) is 34.7. The van der Waals surface area contributed by atoms with Crippen molar-refractivity contribution in [1.29, 1.82) is 0 Å². The van der Waals surface area contributed by atoms with Gasteiger partial charge in [-0.1, -0.05) is 12.1 Å². The van der Waals surface area contributed by atoms with Crippen LogP contribution in [0.4, 0.5) is 0 Å². The average Bonchev–Trinajstić information content (AvgIpc) is 2.37. The van der Waals surface area contributed by atoms with Crippen LogP contribution < -0.4 is 10.6 Å². The molecular weight excluding hydrogens is 292 g/mol. The number of imide groups is 1. The van der Waals surface area contributed by atoms with E-state index in [0.717, 1.165) is 0 Å². The molecule has 0 aliphatic rings. The predicted octanol–water partition coefficient (Wildman–Crippen LogP) is 0.900. The molecule has 1 unspecified atom stereocenters. The van der Waals surface area contributed by atoms with Crippen LogP contribution in [-0.2, 0) is 9.59 Å². The molecule has 0 saturated heterocycles. The number of benzene rings is 1. The Morgan fingerprint density at radius 1 is 1.29 bits per heavy atom. The summed E-state index contributed by atoms with van der Waals surface area (Å²) in [6, 6.07) is 6.93. The van der Waals surface area contributed by atoms with E-state index >= 15 is 0 Å². The lowest BCUT2D eigenvalue weighted by atomic mass is 10.2. The van der Waals surface area contributed by atoms with Crippen LogP contribution in [0.5, 0.6) is 0 Å². The van der Waals surface area contributed by atoms with Crippen molar-refractivity contribution in [3.05, 3.63) is 29.8 Å². The Labute approximate surface area is 127 Å². The highest BCUT2D eigenvalue weighted by Gasteiger charge is 2.13. The van der Waals surface area contributed by atoms with Gasteiger partial charge in [-0.3, -0.25) is 19.7 Å². The lowest BCUT2D eigenvalue weighted by molar-refractivity contribution is -0.128. The number of hydrogen-bond acceptors (Lipinski definition) is 5. The van der Waals surface area contributed by atoms with Crippen molar-refractivity contribution in [2.24, 2.45) is 0 Å². The van der Waals surface area contributed by atoms with E-state index in [-0.39, 0.29) is 24.1 Å². The Hall–Kier alpha value is -1.86. The van der Waals surface area contributed by atoms with Crippen LogP contribution in [0.2, 0.25) is 0 Å². The number of rotatable bonds is 6. The first-order valence-corrected chi connectivity index (χ1v) is 7.40. The van der Waals surface area contributed by atoms with Gasteiger partial charge < -0.3 is 10.4 Å². The van der Waals surface area contributed by atoms with Crippen molar-refractivity contribution in [3.63, 3.8) is 0 Å². The molecule has 1 rings (SSSR count). The van der Waals surface area contributed by atoms with Crippen molar-refractivity contribution in [2.45, 2.75) is 31.4 Å². The van der Waals surface area contributed by atoms with Crippen LogP contribution in [0.15, 0.2) is 29.2 Å². The maximum absolute atomic E-state index is 11.9. The number of aliphatic hydroxyl groups excluding tert-OH is 1. The number of thioether (sulfide) groups is 1. The Bertz CT molecular complexity index is 531. The van der Waals surface area contributed by atoms with Gasteiger partial charge in [-0.25, -0.2) is 0 Å². The fourth-order valence-electron chi connectivity index (χ4n) is 1.56. The van der Waals surface area contributed by atoms with Crippen LogP contribution >= 0.6 is 11.8 Å². The van der Waals surface area contributed by atoms with E-state index in [1.54, 1.807) is 24.3 Å². The van der Waals surface area contributed by atoms with Crippen molar-refractivity contribution in [3.8, 4) is 0 Å². The van der Waals surface area contributed by atoms with E-state index in [1.165, 1.54) is 25.6 Å². The summed E-state index contributed by atoms with van der Waals surface area (Å²) in [6.07, 6.45) is -0.756. The van der Waals surface area contributed by atoms with Gasteiger partial charge in [-0.15, -0.1) is 11.8 Å². The summed E-state index contributed by atoms with van der Waals surface area (Å²) in [5.74, 6) is -0.665. The first kappa shape index (κ1) is 17.2. The zero-order valence-electron chi connectivity index (χ0n) is 11.9. The first-order valence-electron chi connectivity index (χ1n) is 6.41. The molecule has 0 heterocycles. The van der Waals surface area contributed by atoms with Gasteiger partial charge in [-0.05, 0) is 19.1 Å². The van der Waals surface area contributed by atoms with E-state index in [0.29, 0.717) is 16.2 Å². The maximum atomic E-state index is 11.9. The molecule has 1 aromatic rings. The second kappa shape index (κ2) is 8.43. The molecule has 1 atom stereocenters. The Morgan fingerprint density at radius 2 is 1.95 bits per heavy atom. The number of aliphatic hydroxyl groups is 1. The molecule has 0 aliphatic carbocycles. The minimum absolute atomic E-state index is 0.177. The maximum Gasteiger partial charge on any atom is 0.254 e. The second-order valence-electron chi connectivity index (χ2n) is 4.35. The van der Waals surface area contributed by atoms with Crippen molar-refractivity contribution in [2.75, 3.05) is 5.75 Å². The number of nitrogens with one attached hydrogen (secondary N) is 2. The average molecular weight is 310 g/mol. The summed E-state index contributed by atoms with van der Waals surface area (Å²) in [6.45, 7) is 2.74. The number of amides is 3. The number of carbonyl (C=O) groups is 3. The van der Waals surface area contributed by atoms with E-state index in [1.807, 2.05) is 0 Å². The van der Waals surface area contributed by atoms with Crippen LogP contribution in [0.3, 0.4) is 0 Å². The standard InChI is InChI=1S/C14H18N2O4S/c1-9(17)15-13(19)7-8-21-12-6-4-3-5-11(12)14(20)16-10(2)18/h3-6,10,18H,7-8H2,1-2H3,(H,16,20)(H,15,17,19). The molecule has 0 fully saturated rings. The Morgan fingerprint density at radius 3 is 2.57 bits per heavy atom. The highest BCUT2D eigenvalue weighted by Crippen LogP contribution is 2.23. The normalized spacial score (nSPS) is 11.6. The molecule has 3 amide bonds. The minimum atomic E-state index is -0.933. The second-order valence-corrected chi connectivity index (χ2v) is 5.49. The highest BCUT2D eigenvalue weighted by atomic mass is 32.2. The third-order valence-electron chi connectivity index (χ3n) is 2.37. The SMILES string of the molecule is CC(=O)NC(=O)CCSc1ccccc1C(=O)NC(C)O. The summed E-state index contributed by atoms with van der Waals surface area (Å²) in [7, 11) is 0. The number of carbonyl (C=O) groups excluding carboxylic acids is 3. The van der Waals surface area contributed by atoms with Gasteiger partial charge >= 0.3 is 0 Å². The molecule has 0 bridgehead atoms. The van der Waals surface area contributed by atoms with Crippen LogP contribution in [-0.4, -0.2) is 34.8 Å². The highest BCUT2D eigenvalue weighted by molar-refractivity contribution is 7.99. The Balaban J connectivity index is 2.61. The van der Waals surface area contributed by atoms with Gasteiger partial charge in [0.1, 0.15) is 6.23 Å². The molecule has 7 heteroatoms. The van der Waals surface area contributed by atoms with Gasteiger partial charge in [-0.2, -0.15) is 0 Å². The fourth-order valence-corrected chi connectivity index (χ4v) is 2.56. The molecule has 1 aromatic carbocycles. The largest absolute Gasteiger partial charge is 0.374 e. The van der Waals surface area contributed by atoms with Gasteiger partial charge in [0.25, 0.3) is 5.91 Å². The number of hydrogen-bond donors (Lipinski definition) is 3. The van der Waals surface area contributed by atoms with E-state index in [2.05, 4.69) is 10.6 Å². The monoisotopic (exact) mass is 310 g/mol. The quantitative estimate of drug-likeness (QED) is 0.536. The minimum Gasteiger partial charge on any atom is -0.374 e. The molecule has 0 spiro atoms. The lowest BCUT2D eigenvalue weighted by Crippen LogP contribution is -2.32. The zero-order valence-corrected chi connectivity index (χ0v) is 12.7. The van der Waals surface area contributed by atoms with Gasteiger partial charge in [0, 0.05) is 24.0 Å². The molecule has 114 valence electrons. The van der Waals surface area contributed by atoms with Crippen molar-refractivity contribution < 1.29 is 19.5 Å². The van der Waals surface area contributed by atoms with Crippen molar-refractivity contribution in [1.82, 2.24) is 10.6 Å². The van der Waals surface area contributed by atoms with Gasteiger partial charge in [0.05, 0.1) is 5.56 Å². The molecule has 3 N–H and O–H groups in total. The van der Waals surface area contributed by atoms with E-state index < -0.39 is 6.23 Å². The fraction of sp³-hybridized carbons (Fsp3) is 0.357. The third kappa shape index (κ3) is 6.42. The van der Waals surface area contributed by atoms with Gasteiger partial charge in [0.2, 0.25) is 11.8 Å². The zero-order chi connectivity index (χ0) is 15.8. The van der Waals surface area contributed by atoms with E-state index in [9.17, 15) is 19.5 Å². The molecule has 21 heavy (non-hydrogen) atoms. The van der Waals surface area contributed by atoms with Crippen LogP contribution in [0, 0.1) is 0 Å². The molecule has 0 saturated carbocycles. The summed E-state index contributed by atoms with van der Waals surface area (Å²) < 4.78 is 0. The summed E-state index contributed by atoms with van der Waals surface area (Å²) >= 11 is 1.34. The van der Waals surface area contributed by atoms with Crippen LogP contribution in [0.25, 0.3) is 0 Å². The summed E-state index contributed by atoms with van der Waals surface area (Å²) in [5, 5.41) is 13.8. The smallest absolute Gasteiger partial charge is 0.254 e.